The first-order valence-electron chi connectivity index (χ1n) is 9.16. The first-order valence-corrected chi connectivity index (χ1v) is 11.7. The third kappa shape index (κ3) is 4.44. The molecule has 4 rings (SSSR count). The average Bonchev–Trinajstić information content (AvgIpc) is 3.57. The number of hydrogen-bond acceptors (Lipinski definition) is 6. The minimum atomic E-state index is -4.66. The summed E-state index contributed by atoms with van der Waals surface area (Å²) in [7, 11) is -4.66. The van der Waals surface area contributed by atoms with E-state index in [1.807, 2.05) is 24.3 Å². The fourth-order valence-corrected chi connectivity index (χ4v) is 4.41. The Morgan fingerprint density at radius 2 is 1.80 bits per heavy atom. The Hall–Kier alpha value is -2.59. The van der Waals surface area contributed by atoms with Gasteiger partial charge in [-0.1, -0.05) is 30.0 Å². The molecule has 0 unspecified atom stereocenters. The Bertz CT molecular complexity index is 1200. The number of amides is 1. The van der Waals surface area contributed by atoms with E-state index in [1.165, 1.54) is 23.9 Å². The summed E-state index contributed by atoms with van der Waals surface area (Å²) >= 11 is 1.29. The molecule has 1 saturated carbocycles. The summed E-state index contributed by atoms with van der Waals surface area (Å²) in [6.07, 6.45) is 2.14. The number of benzene rings is 2. The number of sulfone groups is 1. The van der Waals surface area contributed by atoms with E-state index < -0.39 is 20.5 Å². The monoisotopic (exact) mass is 449 g/mol. The van der Waals surface area contributed by atoms with E-state index >= 15 is 0 Å². The molecule has 0 radical (unpaired) electrons. The van der Waals surface area contributed by atoms with Crippen LogP contribution in [0.15, 0.2) is 58.5 Å². The number of nitrogens with zero attached hydrogens (tertiary/aromatic N) is 2. The summed E-state index contributed by atoms with van der Waals surface area (Å²) in [5.41, 5.74) is 1.16. The van der Waals surface area contributed by atoms with Crippen LogP contribution in [0.2, 0.25) is 0 Å². The molecule has 2 aromatic carbocycles. The van der Waals surface area contributed by atoms with Gasteiger partial charge in [-0.25, -0.2) is 18.4 Å². The highest BCUT2D eigenvalue weighted by atomic mass is 32.2. The van der Waals surface area contributed by atoms with Gasteiger partial charge in [0.05, 0.1) is 16.2 Å². The molecule has 0 atom stereocenters. The van der Waals surface area contributed by atoms with Gasteiger partial charge in [0, 0.05) is 17.0 Å². The van der Waals surface area contributed by atoms with Crippen molar-refractivity contribution in [1.29, 1.82) is 0 Å². The van der Waals surface area contributed by atoms with Gasteiger partial charge in [0.25, 0.3) is 0 Å². The predicted octanol–water partition coefficient (Wildman–Crippen LogP) is 4.23. The maximum atomic E-state index is 12.6. The number of halogens is 2. The zero-order valence-electron chi connectivity index (χ0n) is 15.6. The van der Waals surface area contributed by atoms with Gasteiger partial charge in [0.1, 0.15) is 10.9 Å². The molecule has 1 heterocycles. The molecule has 6 nitrogen and oxygen atoms in total. The Morgan fingerprint density at radius 3 is 2.47 bits per heavy atom. The van der Waals surface area contributed by atoms with E-state index in [1.54, 1.807) is 0 Å². The second-order valence-electron chi connectivity index (χ2n) is 6.85. The molecule has 1 aromatic heterocycles. The number of rotatable bonds is 7. The van der Waals surface area contributed by atoms with Crippen molar-refractivity contribution in [2.24, 2.45) is 0 Å². The van der Waals surface area contributed by atoms with Crippen molar-refractivity contribution in [1.82, 2.24) is 9.97 Å². The number of aromatic nitrogens is 2. The molecule has 0 saturated heterocycles. The first kappa shape index (κ1) is 20.7. The van der Waals surface area contributed by atoms with E-state index in [9.17, 15) is 22.0 Å². The predicted molar refractivity (Wildman–Crippen MR) is 110 cm³/mol. The lowest BCUT2D eigenvalue weighted by atomic mass is 10.2. The molecule has 3 aromatic rings. The summed E-state index contributed by atoms with van der Waals surface area (Å²) in [6.45, 7) is 0. The number of fused-ring (bicyclic) bond motifs is 1. The summed E-state index contributed by atoms with van der Waals surface area (Å²) in [5, 5.41) is 4.24. The summed E-state index contributed by atoms with van der Waals surface area (Å²) in [5.74, 6) is -2.54. The zero-order valence-corrected chi connectivity index (χ0v) is 17.2. The molecular weight excluding hydrogens is 432 g/mol. The number of thioether (sulfide) groups is 1. The third-order valence-electron chi connectivity index (χ3n) is 4.57. The molecule has 30 heavy (non-hydrogen) atoms. The normalized spacial score (nSPS) is 14.2. The van der Waals surface area contributed by atoms with Crippen LogP contribution in [-0.4, -0.2) is 35.8 Å². The van der Waals surface area contributed by atoms with Crippen molar-refractivity contribution < 1.29 is 22.0 Å². The molecule has 0 bridgehead atoms. The van der Waals surface area contributed by atoms with Gasteiger partial charge >= 0.3 is 5.76 Å². The van der Waals surface area contributed by atoms with E-state index in [4.69, 9.17) is 0 Å². The first-order chi connectivity index (χ1) is 14.3. The average molecular weight is 450 g/mol. The van der Waals surface area contributed by atoms with Crippen LogP contribution >= 0.6 is 11.8 Å². The molecule has 156 valence electrons. The van der Waals surface area contributed by atoms with Crippen LogP contribution in [-0.2, 0) is 14.6 Å². The van der Waals surface area contributed by atoms with Crippen molar-refractivity contribution in [2.45, 2.75) is 34.4 Å². The molecule has 1 fully saturated rings. The lowest BCUT2D eigenvalue weighted by Crippen LogP contribution is -2.15. The SMILES string of the molecule is O=C(CSc1nc(C2CC2)nc2ccccc12)Nc1ccc(S(=O)(=O)C(F)F)cc1. The smallest absolute Gasteiger partial charge is 0.325 e. The Kier molecular flexibility index (Phi) is 5.70. The Labute approximate surface area is 176 Å². The molecule has 1 amide bonds. The lowest BCUT2D eigenvalue weighted by molar-refractivity contribution is -0.113. The van der Waals surface area contributed by atoms with Crippen LogP contribution in [0.25, 0.3) is 10.9 Å². The number of carbonyl (C=O) groups is 1. The van der Waals surface area contributed by atoms with Gasteiger partial charge in [-0.3, -0.25) is 4.79 Å². The second-order valence-corrected chi connectivity index (χ2v) is 9.73. The van der Waals surface area contributed by atoms with Crippen molar-refractivity contribution in [3.05, 3.63) is 54.4 Å². The number of carbonyl (C=O) groups excluding carboxylic acids is 1. The molecule has 1 N–H and O–H groups in total. The zero-order chi connectivity index (χ0) is 21.3. The molecule has 1 aliphatic rings. The lowest BCUT2D eigenvalue weighted by Gasteiger charge is -2.09. The Morgan fingerprint density at radius 1 is 1.10 bits per heavy atom. The van der Waals surface area contributed by atoms with Crippen molar-refractivity contribution in [2.75, 3.05) is 11.1 Å². The van der Waals surface area contributed by atoms with Crippen molar-refractivity contribution in [3.63, 3.8) is 0 Å². The van der Waals surface area contributed by atoms with Crippen LogP contribution in [0, 0.1) is 0 Å². The maximum absolute atomic E-state index is 12.6. The van der Waals surface area contributed by atoms with Crippen LogP contribution in [0.4, 0.5) is 14.5 Å². The van der Waals surface area contributed by atoms with Gasteiger partial charge < -0.3 is 5.32 Å². The highest BCUT2D eigenvalue weighted by Crippen LogP contribution is 2.39. The van der Waals surface area contributed by atoms with E-state index in [0.717, 1.165) is 46.7 Å². The largest absolute Gasteiger partial charge is 0.341 e. The second kappa shape index (κ2) is 8.27. The summed E-state index contributed by atoms with van der Waals surface area (Å²) < 4.78 is 48.1. The van der Waals surface area contributed by atoms with Crippen LogP contribution in [0.3, 0.4) is 0 Å². The fraction of sp³-hybridized carbons (Fsp3) is 0.250. The Balaban J connectivity index is 1.44. The molecular formula is C20H17F2N3O3S2. The number of alkyl halides is 2. The van der Waals surface area contributed by atoms with Crippen molar-refractivity contribution >= 4 is 44.1 Å². The minimum Gasteiger partial charge on any atom is -0.325 e. The highest BCUT2D eigenvalue weighted by molar-refractivity contribution is 8.00. The van der Waals surface area contributed by atoms with Crippen LogP contribution < -0.4 is 5.32 Å². The quantitative estimate of drug-likeness (QED) is 0.429. The van der Waals surface area contributed by atoms with Crippen molar-refractivity contribution in [3.8, 4) is 0 Å². The highest BCUT2D eigenvalue weighted by Gasteiger charge is 2.28. The van der Waals surface area contributed by atoms with E-state index in [-0.39, 0.29) is 11.7 Å². The number of hydrogen-bond donors (Lipinski definition) is 1. The standard InChI is InChI=1S/C20H17F2N3O3S2/c21-20(22)30(27,28)14-9-7-13(8-10-14)23-17(26)11-29-19-15-3-1-2-4-16(15)24-18(25-19)12-5-6-12/h1-4,7-10,12,20H,5-6,11H2,(H,23,26). The third-order valence-corrected chi connectivity index (χ3v) is 6.96. The minimum absolute atomic E-state index is 0.0855. The summed E-state index contributed by atoms with van der Waals surface area (Å²) in [4.78, 5) is 21.1. The van der Waals surface area contributed by atoms with Crippen LogP contribution in [0.1, 0.15) is 24.6 Å². The topological polar surface area (TPSA) is 89.0 Å². The van der Waals surface area contributed by atoms with E-state index in [0.29, 0.717) is 11.6 Å². The number of anilines is 1. The van der Waals surface area contributed by atoms with Gasteiger partial charge in [0.15, 0.2) is 0 Å². The summed E-state index contributed by atoms with van der Waals surface area (Å²) in [6, 6.07) is 12.3. The van der Waals surface area contributed by atoms with Gasteiger partial charge in [0.2, 0.25) is 15.7 Å². The number of para-hydroxylation sites is 1. The molecule has 0 aliphatic heterocycles. The van der Waals surface area contributed by atoms with Gasteiger partial charge in [-0.15, -0.1) is 0 Å². The fourth-order valence-electron chi connectivity index (χ4n) is 2.86. The van der Waals surface area contributed by atoms with E-state index in [2.05, 4.69) is 15.3 Å². The van der Waals surface area contributed by atoms with Gasteiger partial charge in [-0.05, 0) is 43.2 Å². The molecule has 0 spiro atoms. The maximum Gasteiger partial charge on any atom is 0.341 e. The number of nitrogens with one attached hydrogen (secondary N) is 1. The van der Waals surface area contributed by atoms with Crippen LogP contribution in [0.5, 0.6) is 0 Å². The molecule has 1 aliphatic carbocycles. The van der Waals surface area contributed by atoms with Gasteiger partial charge in [-0.2, -0.15) is 8.78 Å². The molecule has 10 heteroatoms.